The molecule has 6 atom stereocenters. The zero-order chi connectivity index (χ0) is 31.5. The molecule has 2 rings (SSSR count). The predicted octanol–water partition coefficient (Wildman–Crippen LogP) is 2.04. The molecule has 0 amide bonds. The fourth-order valence-corrected chi connectivity index (χ4v) is 4.48. The highest BCUT2D eigenvalue weighted by Crippen LogP contribution is 2.36. The van der Waals surface area contributed by atoms with Crippen LogP contribution in [0.2, 0.25) is 5.02 Å². The first kappa shape index (κ1) is 36.9. The van der Waals surface area contributed by atoms with Gasteiger partial charge < -0.3 is 47.5 Å². The number of guanidine groups is 1. The largest absolute Gasteiger partial charge is 0.493 e. The van der Waals surface area contributed by atoms with E-state index >= 15 is 0 Å². The summed E-state index contributed by atoms with van der Waals surface area (Å²) >= 11 is 5.91. The van der Waals surface area contributed by atoms with Crippen molar-refractivity contribution in [2.45, 2.75) is 75.7 Å². The summed E-state index contributed by atoms with van der Waals surface area (Å²) in [5.41, 5.74) is 15.3. The van der Waals surface area contributed by atoms with Crippen LogP contribution in [0.3, 0.4) is 0 Å². The van der Waals surface area contributed by atoms with Gasteiger partial charge in [0, 0.05) is 36.7 Å². The number of aliphatic imine (C=N–C) groups is 1. The fraction of sp³-hybridized carbons (Fsp3) is 0.552. The van der Waals surface area contributed by atoms with E-state index in [1.807, 2.05) is 12.2 Å². The van der Waals surface area contributed by atoms with Crippen molar-refractivity contribution in [1.29, 1.82) is 0 Å². The zero-order valence-corrected chi connectivity index (χ0v) is 24.4. The third-order valence-electron chi connectivity index (χ3n) is 6.57. The van der Waals surface area contributed by atoms with Gasteiger partial charge in [-0.15, -0.1) is 0 Å². The Balaban J connectivity index is 0.000000619. The van der Waals surface area contributed by atoms with Crippen LogP contribution in [-0.4, -0.2) is 80.9 Å². The van der Waals surface area contributed by atoms with Gasteiger partial charge in [-0.05, 0) is 56.2 Å². The highest BCUT2D eigenvalue weighted by atomic mass is 35.5. The summed E-state index contributed by atoms with van der Waals surface area (Å²) in [6.45, 7) is 0.744. The van der Waals surface area contributed by atoms with Gasteiger partial charge in [-0.2, -0.15) is 0 Å². The van der Waals surface area contributed by atoms with E-state index in [1.54, 1.807) is 36.4 Å². The van der Waals surface area contributed by atoms with Gasteiger partial charge in [0.2, 0.25) is 0 Å². The molecule has 0 saturated heterocycles. The van der Waals surface area contributed by atoms with Gasteiger partial charge in [0.15, 0.2) is 5.96 Å². The first-order valence-electron chi connectivity index (χ1n) is 13.9. The molecular weight excluding hydrogens is 568 g/mol. The number of rotatable bonds is 17. The smallest absolute Gasteiger partial charge is 0.320 e. The van der Waals surface area contributed by atoms with Crippen LogP contribution in [0.1, 0.15) is 51.4 Å². The molecule has 1 aliphatic rings. The molecule has 0 spiro atoms. The topological polar surface area (TPSA) is 235 Å². The maximum absolute atomic E-state index is 10.5. The molecular formula is C29H45ClN4O8. The predicted molar refractivity (Wildman–Crippen MR) is 161 cm³/mol. The van der Waals surface area contributed by atoms with Crippen molar-refractivity contribution in [2.75, 3.05) is 13.2 Å². The van der Waals surface area contributed by atoms with Crippen LogP contribution < -0.4 is 21.9 Å². The number of carboxylic acid groups (broad SMARTS) is 2. The van der Waals surface area contributed by atoms with Crippen molar-refractivity contribution in [1.82, 2.24) is 0 Å². The van der Waals surface area contributed by atoms with Gasteiger partial charge in [-0.25, -0.2) is 0 Å². The van der Waals surface area contributed by atoms with E-state index in [0.29, 0.717) is 68.9 Å². The summed E-state index contributed by atoms with van der Waals surface area (Å²) in [6.07, 6.45) is 8.93. The van der Waals surface area contributed by atoms with Crippen molar-refractivity contribution in [3.63, 3.8) is 0 Å². The third kappa shape index (κ3) is 16.3. The molecule has 0 heterocycles. The van der Waals surface area contributed by atoms with Gasteiger partial charge in [-0.3, -0.25) is 14.6 Å². The summed E-state index contributed by atoms with van der Waals surface area (Å²) in [7, 11) is 0. The van der Waals surface area contributed by atoms with E-state index in [0.717, 1.165) is 0 Å². The van der Waals surface area contributed by atoms with E-state index in [9.17, 15) is 24.9 Å². The fourth-order valence-electron chi connectivity index (χ4n) is 4.30. The van der Waals surface area contributed by atoms with E-state index < -0.39 is 36.3 Å². The SMILES string of the molecule is NC(N)=NCCCC(N)C(=O)O.O=C(O)CCC/C=C\C[C@@H]1[C@@H](/C=C/[C@@H](O)CCOc2cccc(Cl)c2)[C@H](O)C[C@@H]1O. The number of unbranched alkanes of at least 4 members (excludes halogenated alkanes) is 1. The zero-order valence-electron chi connectivity index (χ0n) is 23.7. The van der Waals surface area contributed by atoms with Crippen LogP contribution in [0.4, 0.5) is 0 Å². The molecule has 13 heteroatoms. The van der Waals surface area contributed by atoms with Crippen LogP contribution in [0.5, 0.6) is 5.75 Å². The monoisotopic (exact) mass is 612 g/mol. The van der Waals surface area contributed by atoms with Crippen LogP contribution in [0.25, 0.3) is 0 Å². The van der Waals surface area contributed by atoms with E-state index in [1.165, 1.54) is 0 Å². The number of aliphatic hydroxyl groups excluding tert-OH is 3. The highest BCUT2D eigenvalue weighted by molar-refractivity contribution is 6.30. The minimum Gasteiger partial charge on any atom is -0.493 e. The number of hydrogen-bond donors (Lipinski definition) is 8. The molecule has 1 unspecified atom stereocenters. The van der Waals surface area contributed by atoms with Gasteiger partial charge in [0.05, 0.1) is 24.9 Å². The molecule has 0 aliphatic heterocycles. The number of aliphatic carboxylic acids is 2. The van der Waals surface area contributed by atoms with E-state index in [-0.39, 0.29) is 24.2 Å². The second-order valence-corrected chi connectivity index (χ2v) is 10.5. The molecule has 1 aromatic carbocycles. The Labute approximate surface area is 251 Å². The summed E-state index contributed by atoms with van der Waals surface area (Å²) in [4.78, 5) is 24.4. The average Bonchev–Trinajstić information content (AvgIpc) is 3.18. The molecule has 236 valence electrons. The lowest BCUT2D eigenvalue weighted by Gasteiger charge is -2.19. The Morgan fingerprint density at radius 3 is 2.50 bits per heavy atom. The molecule has 1 fully saturated rings. The van der Waals surface area contributed by atoms with Crippen molar-refractivity contribution in [3.8, 4) is 5.75 Å². The van der Waals surface area contributed by atoms with Crippen LogP contribution in [-0.2, 0) is 9.59 Å². The molecule has 42 heavy (non-hydrogen) atoms. The lowest BCUT2D eigenvalue weighted by atomic mass is 9.89. The van der Waals surface area contributed by atoms with Gasteiger partial charge in [-0.1, -0.05) is 42.0 Å². The number of carbonyl (C=O) groups is 2. The van der Waals surface area contributed by atoms with Crippen molar-refractivity contribution >= 4 is 29.5 Å². The lowest BCUT2D eigenvalue weighted by Crippen LogP contribution is -2.30. The number of benzene rings is 1. The first-order valence-corrected chi connectivity index (χ1v) is 14.3. The van der Waals surface area contributed by atoms with Crippen LogP contribution in [0.15, 0.2) is 53.6 Å². The maximum atomic E-state index is 10.5. The molecule has 1 aromatic rings. The van der Waals surface area contributed by atoms with Gasteiger partial charge in [0.1, 0.15) is 11.8 Å². The standard InChI is InChI=1S/C23H31ClO6.C6H14N4O2/c24-16-6-5-7-18(14-16)30-13-12-17(25)10-11-20-19(21(26)15-22(20)27)8-3-1-2-4-9-23(28)29;7-4(5(11)12)2-1-3-10-6(8)9/h1,3,5-7,10-11,14,17,19-22,25-27H,2,4,8-9,12-13,15H2,(H,28,29);4H,1-3,7H2,(H,11,12)(H4,8,9,10)/b3-1-,11-10+;/t17-,19-,20-,21+,22-;/m1./s1. The number of allylic oxidation sites excluding steroid dienone is 2. The number of aliphatic hydroxyl groups is 3. The quantitative estimate of drug-likeness (QED) is 0.0548. The second-order valence-electron chi connectivity index (χ2n) is 10.0. The molecule has 1 aliphatic carbocycles. The van der Waals surface area contributed by atoms with E-state index in [2.05, 4.69) is 4.99 Å². The molecule has 0 radical (unpaired) electrons. The maximum Gasteiger partial charge on any atom is 0.320 e. The molecule has 1 saturated carbocycles. The minimum atomic E-state index is -1.00. The Hall–Kier alpha value is -3.16. The average molecular weight is 613 g/mol. The van der Waals surface area contributed by atoms with Crippen LogP contribution >= 0.6 is 11.6 Å². The number of carboxylic acids is 2. The summed E-state index contributed by atoms with van der Waals surface area (Å²) < 4.78 is 5.58. The van der Waals surface area contributed by atoms with Crippen molar-refractivity contribution in [3.05, 3.63) is 53.6 Å². The number of ether oxygens (including phenoxy) is 1. The summed E-state index contributed by atoms with van der Waals surface area (Å²) in [6, 6.07) is 6.24. The van der Waals surface area contributed by atoms with Gasteiger partial charge >= 0.3 is 11.9 Å². The Kier molecular flexibility index (Phi) is 18.1. The number of nitrogens with zero attached hydrogens (tertiary/aromatic N) is 1. The number of hydrogen-bond acceptors (Lipinski definition) is 8. The molecule has 0 bridgehead atoms. The van der Waals surface area contributed by atoms with Crippen molar-refractivity contribution in [2.24, 2.45) is 34.0 Å². The van der Waals surface area contributed by atoms with Gasteiger partial charge in [0.25, 0.3) is 0 Å². The van der Waals surface area contributed by atoms with Crippen molar-refractivity contribution < 1.29 is 39.9 Å². The highest BCUT2D eigenvalue weighted by Gasteiger charge is 2.39. The summed E-state index contributed by atoms with van der Waals surface area (Å²) in [5, 5.41) is 48.3. The summed E-state index contributed by atoms with van der Waals surface area (Å²) in [5.74, 6) is -1.53. The van der Waals surface area contributed by atoms with Crippen LogP contribution in [0, 0.1) is 11.8 Å². The number of nitrogens with two attached hydrogens (primary N) is 3. The second kappa shape index (κ2) is 20.7. The first-order chi connectivity index (χ1) is 19.9. The third-order valence-corrected chi connectivity index (χ3v) is 6.81. The van der Waals surface area contributed by atoms with E-state index in [4.69, 9.17) is 43.8 Å². The Bertz CT molecular complexity index is 1030. The minimum absolute atomic E-state index is 0.0129. The number of halogens is 1. The lowest BCUT2D eigenvalue weighted by molar-refractivity contribution is -0.139. The Morgan fingerprint density at radius 1 is 1.12 bits per heavy atom. The normalized spacial score (nSPS) is 21.5. The molecule has 12 nitrogen and oxygen atoms in total. The molecule has 0 aromatic heterocycles. The Morgan fingerprint density at radius 2 is 1.86 bits per heavy atom. The molecule has 11 N–H and O–H groups in total.